The Labute approximate surface area is 113 Å². The molecule has 0 aromatic heterocycles. The number of piperidine rings is 1. The lowest BCUT2D eigenvalue weighted by Crippen LogP contribution is -2.39. The molecule has 18 heavy (non-hydrogen) atoms. The van der Waals surface area contributed by atoms with E-state index in [2.05, 4.69) is 0 Å². The van der Waals surface area contributed by atoms with Crippen molar-refractivity contribution in [2.75, 3.05) is 6.54 Å². The molecule has 1 aromatic rings. The number of rotatable bonds is 3. The molecule has 2 N–H and O–H groups in total. The third kappa shape index (κ3) is 2.88. The van der Waals surface area contributed by atoms with Crippen LogP contribution >= 0.6 is 12.2 Å². The van der Waals surface area contributed by atoms with Crippen LogP contribution < -0.4 is 5.73 Å². The van der Waals surface area contributed by atoms with Crippen LogP contribution in [-0.2, 0) is 11.3 Å². The highest BCUT2D eigenvalue weighted by Crippen LogP contribution is 2.19. The predicted octanol–water partition coefficient (Wildman–Crippen LogP) is 2.08. The van der Waals surface area contributed by atoms with Gasteiger partial charge in [-0.3, -0.25) is 4.79 Å². The van der Waals surface area contributed by atoms with Gasteiger partial charge in [-0.05, 0) is 18.4 Å². The summed E-state index contributed by atoms with van der Waals surface area (Å²) in [6, 6.07) is 7.80. The van der Waals surface area contributed by atoms with Crippen molar-refractivity contribution in [1.82, 2.24) is 4.90 Å². The Bertz CT molecular complexity index is 455. The molecule has 96 valence electrons. The molecule has 1 aliphatic rings. The van der Waals surface area contributed by atoms with E-state index in [1.807, 2.05) is 36.1 Å². The minimum Gasteiger partial charge on any atom is -0.389 e. The van der Waals surface area contributed by atoms with Crippen LogP contribution in [0.2, 0.25) is 0 Å². The summed E-state index contributed by atoms with van der Waals surface area (Å²) in [6.07, 6.45) is 2.10. The van der Waals surface area contributed by atoms with Gasteiger partial charge >= 0.3 is 0 Å². The number of nitrogens with two attached hydrogens (primary N) is 1. The molecule has 1 heterocycles. The van der Waals surface area contributed by atoms with Gasteiger partial charge in [0.15, 0.2) is 0 Å². The highest BCUT2D eigenvalue weighted by molar-refractivity contribution is 7.80. The van der Waals surface area contributed by atoms with Crippen molar-refractivity contribution in [3.05, 3.63) is 35.4 Å². The zero-order valence-corrected chi connectivity index (χ0v) is 11.4. The lowest BCUT2D eigenvalue weighted by Gasteiger charge is -2.30. The number of hydrogen-bond donors (Lipinski definition) is 1. The van der Waals surface area contributed by atoms with E-state index >= 15 is 0 Å². The second kappa shape index (κ2) is 5.48. The topological polar surface area (TPSA) is 46.3 Å². The summed E-state index contributed by atoms with van der Waals surface area (Å²) < 4.78 is 0. The average molecular weight is 262 g/mol. The van der Waals surface area contributed by atoms with Gasteiger partial charge in [-0.25, -0.2) is 0 Å². The monoisotopic (exact) mass is 262 g/mol. The van der Waals surface area contributed by atoms with Gasteiger partial charge < -0.3 is 10.6 Å². The first-order valence-corrected chi connectivity index (χ1v) is 6.66. The van der Waals surface area contributed by atoms with Gasteiger partial charge in [0.05, 0.1) is 0 Å². The first kappa shape index (κ1) is 13.0. The van der Waals surface area contributed by atoms with Gasteiger partial charge in [-0.1, -0.05) is 43.4 Å². The molecule has 4 heteroatoms. The van der Waals surface area contributed by atoms with Crippen LogP contribution in [0.15, 0.2) is 24.3 Å². The summed E-state index contributed by atoms with van der Waals surface area (Å²) in [5, 5.41) is 0. The van der Waals surface area contributed by atoms with E-state index in [-0.39, 0.29) is 11.8 Å². The van der Waals surface area contributed by atoms with E-state index in [4.69, 9.17) is 18.0 Å². The molecule has 1 atom stereocenters. The van der Waals surface area contributed by atoms with Crippen molar-refractivity contribution in [3.8, 4) is 0 Å². The van der Waals surface area contributed by atoms with Gasteiger partial charge in [-0.2, -0.15) is 0 Å². The molecule has 0 bridgehead atoms. The lowest BCUT2D eigenvalue weighted by atomic mass is 9.98. The zero-order valence-electron chi connectivity index (χ0n) is 10.6. The minimum atomic E-state index is 0.162. The van der Waals surface area contributed by atoms with Crippen molar-refractivity contribution in [1.29, 1.82) is 0 Å². The molecule has 2 rings (SSSR count). The number of amides is 1. The van der Waals surface area contributed by atoms with E-state index in [0.717, 1.165) is 30.5 Å². The maximum Gasteiger partial charge on any atom is 0.225 e. The van der Waals surface area contributed by atoms with Crippen LogP contribution in [0.3, 0.4) is 0 Å². The normalized spacial score (nSPS) is 19.9. The lowest BCUT2D eigenvalue weighted by molar-refractivity contribution is -0.138. The molecule has 1 aliphatic heterocycles. The molecule has 1 aromatic carbocycles. The van der Waals surface area contributed by atoms with Crippen LogP contribution in [0.25, 0.3) is 0 Å². The highest BCUT2D eigenvalue weighted by Gasteiger charge is 2.24. The largest absolute Gasteiger partial charge is 0.389 e. The second-order valence-electron chi connectivity index (χ2n) is 4.86. The average Bonchev–Trinajstić information content (AvgIpc) is 2.36. The molecular weight excluding hydrogens is 244 g/mol. The van der Waals surface area contributed by atoms with E-state index in [9.17, 15) is 4.79 Å². The fourth-order valence-corrected chi connectivity index (χ4v) is 2.42. The highest BCUT2D eigenvalue weighted by atomic mass is 32.1. The Hall–Kier alpha value is -1.42. The Kier molecular flexibility index (Phi) is 3.97. The number of carbonyl (C=O) groups excluding carboxylic acids is 1. The van der Waals surface area contributed by atoms with Gasteiger partial charge in [0.1, 0.15) is 4.99 Å². The number of likely N-dealkylation sites (tertiary alicyclic amines) is 1. The van der Waals surface area contributed by atoms with Crippen molar-refractivity contribution in [2.45, 2.75) is 26.3 Å². The van der Waals surface area contributed by atoms with E-state index < -0.39 is 0 Å². The van der Waals surface area contributed by atoms with Crippen LogP contribution in [0, 0.1) is 5.92 Å². The molecule has 0 spiro atoms. The van der Waals surface area contributed by atoms with Gasteiger partial charge in [-0.15, -0.1) is 0 Å². The number of carbonyl (C=O) groups is 1. The molecule has 1 amide bonds. The standard InChI is InChI=1S/C14H18N2OS/c1-10-3-2-8-16(14(10)17)9-11-4-6-12(7-5-11)13(15)18/h4-7,10H,2-3,8-9H2,1H3,(H2,15,18). The third-order valence-electron chi connectivity index (χ3n) is 3.41. The fraction of sp³-hybridized carbons (Fsp3) is 0.429. The van der Waals surface area contributed by atoms with Crippen LogP contribution in [-0.4, -0.2) is 22.3 Å². The van der Waals surface area contributed by atoms with Crippen molar-refractivity contribution in [3.63, 3.8) is 0 Å². The van der Waals surface area contributed by atoms with Gasteiger partial charge in [0.25, 0.3) is 0 Å². The third-order valence-corrected chi connectivity index (χ3v) is 3.65. The summed E-state index contributed by atoms with van der Waals surface area (Å²) in [7, 11) is 0. The maximum atomic E-state index is 12.0. The Morgan fingerprint density at radius 3 is 2.72 bits per heavy atom. The fourth-order valence-electron chi connectivity index (χ4n) is 2.29. The summed E-state index contributed by atoms with van der Waals surface area (Å²) in [5.74, 6) is 0.425. The molecule has 0 saturated carbocycles. The molecule has 1 saturated heterocycles. The van der Waals surface area contributed by atoms with E-state index in [1.165, 1.54) is 0 Å². The molecular formula is C14H18N2OS. The molecule has 0 radical (unpaired) electrons. The second-order valence-corrected chi connectivity index (χ2v) is 5.30. The quantitative estimate of drug-likeness (QED) is 0.848. The van der Waals surface area contributed by atoms with E-state index in [0.29, 0.717) is 11.5 Å². The summed E-state index contributed by atoms with van der Waals surface area (Å²) >= 11 is 4.91. The smallest absolute Gasteiger partial charge is 0.225 e. The summed E-state index contributed by atoms with van der Waals surface area (Å²) in [6.45, 7) is 3.55. The Morgan fingerprint density at radius 2 is 2.11 bits per heavy atom. The van der Waals surface area contributed by atoms with Crippen molar-refractivity contribution < 1.29 is 4.79 Å². The number of thiocarbonyl (C=S) groups is 1. The van der Waals surface area contributed by atoms with Crippen LogP contribution in [0.1, 0.15) is 30.9 Å². The summed E-state index contributed by atoms with van der Waals surface area (Å²) in [5.41, 5.74) is 7.55. The predicted molar refractivity (Wildman–Crippen MR) is 76.1 cm³/mol. The van der Waals surface area contributed by atoms with Gasteiger partial charge in [0.2, 0.25) is 5.91 Å². The SMILES string of the molecule is CC1CCCN(Cc2ccc(C(N)=S)cc2)C1=O. The number of hydrogen-bond acceptors (Lipinski definition) is 2. The van der Waals surface area contributed by atoms with Crippen LogP contribution in [0.4, 0.5) is 0 Å². The Morgan fingerprint density at radius 1 is 1.44 bits per heavy atom. The van der Waals surface area contributed by atoms with Crippen molar-refractivity contribution in [2.24, 2.45) is 11.7 Å². The summed E-state index contributed by atoms with van der Waals surface area (Å²) in [4.78, 5) is 14.3. The van der Waals surface area contributed by atoms with Gasteiger partial charge in [0, 0.05) is 24.6 Å². The van der Waals surface area contributed by atoms with Crippen LogP contribution in [0.5, 0.6) is 0 Å². The zero-order chi connectivity index (χ0) is 13.1. The molecule has 3 nitrogen and oxygen atoms in total. The molecule has 0 aliphatic carbocycles. The molecule has 1 unspecified atom stereocenters. The molecule has 1 fully saturated rings. The maximum absolute atomic E-state index is 12.0. The Balaban J connectivity index is 2.04. The van der Waals surface area contributed by atoms with E-state index in [1.54, 1.807) is 0 Å². The number of nitrogens with zero attached hydrogens (tertiary/aromatic N) is 1. The first-order chi connectivity index (χ1) is 8.58. The minimum absolute atomic E-state index is 0.162. The van der Waals surface area contributed by atoms with Crippen molar-refractivity contribution >= 4 is 23.1 Å². The number of benzene rings is 1. The first-order valence-electron chi connectivity index (χ1n) is 6.25.